The van der Waals surface area contributed by atoms with Crippen LogP contribution in [-0.2, 0) is 6.54 Å². The van der Waals surface area contributed by atoms with Crippen molar-refractivity contribution in [3.8, 4) is 0 Å². The van der Waals surface area contributed by atoms with Crippen LogP contribution in [0.4, 0.5) is 0 Å². The first-order chi connectivity index (χ1) is 17.1. The monoisotopic (exact) mass is 481 g/mol. The predicted octanol–water partition coefficient (Wildman–Crippen LogP) is 3.48. The van der Waals surface area contributed by atoms with Crippen LogP contribution in [0, 0.1) is 0 Å². The van der Waals surface area contributed by atoms with Gasteiger partial charge in [-0.3, -0.25) is 28.3 Å². The van der Waals surface area contributed by atoms with Gasteiger partial charge in [-0.15, -0.1) is 10.2 Å². The molecule has 35 heavy (non-hydrogen) atoms. The largest absolute Gasteiger partial charge is 0.273 e. The van der Waals surface area contributed by atoms with Gasteiger partial charge in [-0.25, -0.2) is 0 Å². The first-order valence-electron chi connectivity index (χ1n) is 11.1. The Kier molecular flexibility index (Phi) is 5.18. The molecule has 0 fully saturated rings. The van der Waals surface area contributed by atoms with Gasteiger partial charge >= 0.3 is 0 Å². The average molecular weight is 482 g/mol. The third-order valence-corrected chi connectivity index (χ3v) is 7.00. The normalized spacial score (nSPS) is 13.2. The van der Waals surface area contributed by atoms with Gasteiger partial charge in [0, 0.05) is 12.3 Å². The molecule has 3 aromatic carbocycles. The van der Waals surface area contributed by atoms with E-state index in [1.807, 2.05) is 52.9 Å². The summed E-state index contributed by atoms with van der Waals surface area (Å²) < 4.78 is 3.49. The molecule has 1 aliphatic rings. The third-order valence-electron chi connectivity index (χ3n) is 6.09. The van der Waals surface area contributed by atoms with Gasteiger partial charge in [0.25, 0.3) is 17.4 Å². The number of hydrogen-bond acceptors (Lipinski definition) is 6. The molecule has 172 valence electrons. The number of fused-ring (bicyclic) bond motifs is 4. The summed E-state index contributed by atoms with van der Waals surface area (Å²) in [5.41, 5.74) is 2.43. The highest BCUT2D eigenvalue weighted by Gasteiger charge is 2.34. The van der Waals surface area contributed by atoms with E-state index in [4.69, 9.17) is 0 Å². The molecule has 1 aliphatic heterocycles. The Bertz CT molecular complexity index is 1640. The standard InChI is InChI=1S/C26H19N5O3S/c32-22-18-10-4-5-11-19(18)23(33)29(22)14-15-35-26-28-27-25-30(16-17-8-2-1-3-9-17)24(34)20-12-6-7-13-21(20)31(25)26/h1-13H,14-16H2. The van der Waals surface area contributed by atoms with Crippen molar-refractivity contribution in [2.24, 2.45) is 0 Å². The van der Waals surface area contributed by atoms with Crippen molar-refractivity contribution >= 4 is 40.3 Å². The minimum atomic E-state index is -0.278. The first-order valence-corrected chi connectivity index (χ1v) is 12.1. The molecule has 2 aromatic heterocycles. The van der Waals surface area contributed by atoms with E-state index in [1.165, 1.54) is 16.7 Å². The van der Waals surface area contributed by atoms with Crippen molar-refractivity contribution in [3.05, 3.63) is 106 Å². The molecular formula is C26H19N5O3S. The average Bonchev–Trinajstić information content (AvgIpc) is 3.42. The van der Waals surface area contributed by atoms with E-state index in [0.29, 0.717) is 45.3 Å². The molecule has 0 bridgehead atoms. The Labute approximate surface area is 203 Å². The maximum absolute atomic E-state index is 13.3. The lowest BCUT2D eigenvalue weighted by atomic mass is 10.1. The summed E-state index contributed by atoms with van der Waals surface area (Å²) in [5, 5.41) is 9.86. The first kappa shape index (κ1) is 21.3. The van der Waals surface area contributed by atoms with E-state index < -0.39 is 0 Å². The van der Waals surface area contributed by atoms with Crippen molar-refractivity contribution in [3.63, 3.8) is 0 Å². The fraction of sp³-hybridized carbons (Fsp3) is 0.115. The Morgan fingerprint density at radius 2 is 1.40 bits per heavy atom. The Hall–Kier alpha value is -4.24. The van der Waals surface area contributed by atoms with Gasteiger partial charge in [0.15, 0.2) is 5.16 Å². The van der Waals surface area contributed by atoms with Crippen LogP contribution in [0.3, 0.4) is 0 Å². The minimum absolute atomic E-state index is 0.132. The van der Waals surface area contributed by atoms with Crippen LogP contribution in [0.2, 0.25) is 0 Å². The smallest absolute Gasteiger partial charge is 0.263 e. The van der Waals surface area contributed by atoms with Gasteiger partial charge in [-0.05, 0) is 29.8 Å². The summed E-state index contributed by atoms with van der Waals surface area (Å²) in [6.45, 7) is 0.610. The number of imide groups is 1. The van der Waals surface area contributed by atoms with Crippen LogP contribution in [0.25, 0.3) is 16.7 Å². The number of nitrogens with zero attached hydrogens (tertiary/aromatic N) is 5. The van der Waals surface area contributed by atoms with Crippen LogP contribution in [0.5, 0.6) is 0 Å². The summed E-state index contributed by atoms with van der Waals surface area (Å²) in [4.78, 5) is 39.9. The van der Waals surface area contributed by atoms with Gasteiger partial charge in [0.2, 0.25) is 5.78 Å². The summed E-state index contributed by atoms with van der Waals surface area (Å²) in [6.07, 6.45) is 0. The molecule has 0 unspecified atom stereocenters. The highest BCUT2D eigenvalue weighted by molar-refractivity contribution is 7.99. The van der Waals surface area contributed by atoms with Gasteiger partial charge in [0.05, 0.1) is 28.6 Å². The molecule has 6 rings (SSSR count). The summed E-state index contributed by atoms with van der Waals surface area (Å²) in [6, 6.07) is 24.0. The predicted molar refractivity (Wildman–Crippen MR) is 133 cm³/mol. The zero-order valence-corrected chi connectivity index (χ0v) is 19.3. The quantitative estimate of drug-likeness (QED) is 0.273. The molecule has 0 saturated heterocycles. The summed E-state index contributed by atoms with van der Waals surface area (Å²) >= 11 is 1.39. The number of aromatic nitrogens is 4. The molecular weight excluding hydrogens is 462 g/mol. The lowest BCUT2D eigenvalue weighted by molar-refractivity contribution is 0.0664. The summed E-state index contributed by atoms with van der Waals surface area (Å²) in [5.74, 6) is 0.331. The van der Waals surface area contributed by atoms with E-state index in [1.54, 1.807) is 34.9 Å². The second-order valence-electron chi connectivity index (χ2n) is 8.17. The topological polar surface area (TPSA) is 89.6 Å². The summed E-state index contributed by atoms with van der Waals surface area (Å²) in [7, 11) is 0. The second kappa shape index (κ2) is 8.52. The van der Waals surface area contributed by atoms with Gasteiger partial charge in [-0.2, -0.15) is 0 Å². The molecule has 9 heteroatoms. The molecule has 2 amide bonds. The number of rotatable bonds is 6. The maximum atomic E-state index is 13.3. The zero-order chi connectivity index (χ0) is 23.9. The van der Waals surface area contributed by atoms with Crippen molar-refractivity contribution in [2.75, 3.05) is 12.3 Å². The SMILES string of the molecule is O=C1c2ccccc2C(=O)N1CCSc1nnc2n(Cc3ccccc3)c(=O)c3ccccc3n12. The number of carbonyl (C=O) groups excluding carboxylic acids is 2. The van der Waals surface area contributed by atoms with Gasteiger partial charge in [-0.1, -0.05) is 66.4 Å². The molecule has 8 nitrogen and oxygen atoms in total. The Morgan fingerprint density at radius 1 is 0.743 bits per heavy atom. The second-order valence-corrected chi connectivity index (χ2v) is 9.23. The molecule has 0 saturated carbocycles. The van der Waals surface area contributed by atoms with E-state index in [2.05, 4.69) is 10.2 Å². The Balaban J connectivity index is 1.33. The molecule has 0 aliphatic carbocycles. The van der Waals surface area contributed by atoms with Crippen LogP contribution in [0.1, 0.15) is 26.3 Å². The van der Waals surface area contributed by atoms with Crippen molar-refractivity contribution < 1.29 is 9.59 Å². The van der Waals surface area contributed by atoms with Crippen LogP contribution >= 0.6 is 11.8 Å². The van der Waals surface area contributed by atoms with E-state index in [-0.39, 0.29) is 23.9 Å². The fourth-order valence-corrected chi connectivity index (χ4v) is 5.27. The number of para-hydroxylation sites is 1. The number of benzene rings is 3. The molecule has 5 aromatic rings. The van der Waals surface area contributed by atoms with Crippen molar-refractivity contribution in [1.29, 1.82) is 0 Å². The number of hydrogen-bond donors (Lipinski definition) is 0. The lowest BCUT2D eigenvalue weighted by Gasteiger charge is -2.13. The Morgan fingerprint density at radius 3 is 2.14 bits per heavy atom. The number of carbonyl (C=O) groups is 2. The van der Waals surface area contributed by atoms with Crippen LogP contribution in [-0.4, -0.2) is 48.2 Å². The molecule has 0 atom stereocenters. The lowest BCUT2D eigenvalue weighted by Crippen LogP contribution is -2.31. The van der Waals surface area contributed by atoms with Crippen LogP contribution in [0.15, 0.2) is 88.8 Å². The number of amides is 2. The minimum Gasteiger partial charge on any atom is -0.273 e. The fourth-order valence-electron chi connectivity index (χ4n) is 4.41. The maximum Gasteiger partial charge on any atom is 0.263 e. The van der Waals surface area contributed by atoms with Crippen LogP contribution < -0.4 is 5.56 Å². The zero-order valence-electron chi connectivity index (χ0n) is 18.5. The highest BCUT2D eigenvalue weighted by Crippen LogP contribution is 2.25. The highest BCUT2D eigenvalue weighted by atomic mass is 32.2. The molecule has 0 radical (unpaired) electrons. The van der Waals surface area contributed by atoms with E-state index >= 15 is 0 Å². The van der Waals surface area contributed by atoms with Crippen molar-refractivity contribution in [1.82, 2.24) is 24.1 Å². The van der Waals surface area contributed by atoms with E-state index in [0.717, 1.165) is 5.56 Å². The molecule has 0 spiro atoms. The third kappa shape index (κ3) is 3.52. The van der Waals surface area contributed by atoms with Crippen molar-refractivity contribution in [2.45, 2.75) is 11.7 Å². The van der Waals surface area contributed by atoms with E-state index in [9.17, 15) is 14.4 Å². The number of thioether (sulfide) groups is 1. The molecule has 0 N–H and O–H groups in total. The van der Waals surface area contributed by atoms with Gasteiger partial charge in [0.1, 0.15) is 0 Å². The van der Waals surface area contributed by atoms with Gasteiger partial charge < -0.3 is 0 Å². The molecule has 3 heterocycles.